The fourth-order valence-corrected chi connectivity index (χ4v) is 3.37. The first-order chi connectivity index (χ1) is 14.8. The van der Waals surface area contributed by atoms with Crippen molar-refractivity contribution in [2.45, 2.75) is 18.4 Å². The van der Waals surface area contributed by atoms with Crippen molar-refractivity contribution in [2.75, 3.05) is 5.32 Å². The molecular weight excluding hydrogens is 462 g/mol. The predicted molar refractivity (Wildman–Crippen MR) is 101 cm³/mol. The van der Waals surface area contributed by atoms with Gasteiger partial charge in [0.25, 0.3) is 0 Å². The minimum atomic E-state index is -5.12. The summed E-state index contributed by atoms with van der Waals surface area (Å²) in [5.41, 5.74) is -0.984. The number of amides is 1. The van der Waals surface area contributed by atoms with Crippen LogP contribution >= 0.6 is 0 Å². The number of hydrogen-bond donors (Lipinski definition) is 4. The number of pyridine rings is 1. The van der Waals surface area contributed by atoms with Gasteiger partial charge in [-0.25, -0.2) is 8.57 Å². The normalized spacial score (nSPS) is 21.7. The summed E-state index contributed by atoms with van der Waals surface area (Å²) in [5.74, 6) is -3.94. The van der Waals surface area contributed by atoms with Crippen LogP contribution in [0.3, 0.4) is 0 Å². The van der Waals surface area contributed by atoms with Gasteiger partial charge in [0, 0.05) is 11.9 Å². The average molecular weight is 477 g/mol. The number of aromatic nitrogens is 1. The molecule has 1 amide bonds. The third kappa shape index (κ3) is 5.79. The monoisotopic (exact) mass is 477 g/mol. The Kier molecular flexibility index (Phi) is 6.50. The second-order valence-corrected chi connectivity index (χ2v) is 7.68. The van der Waals surface area contributed by atoms with Gasteiger partial charge in [0.15, 0.2) is 0 Å². The number of carbonyl (C=O) groups excluding carboxylic acids is 1. The molecule has 1 aromatic heterocycles. The van der Waals surface area contributed by atoms with Gasteiger partial charge in [-0.2, -0.15) is 21.6 Å². The summed E-state index contributed by atoms with van der Waals surface area (Å²) in [6.45, 7) is 0. The molecule has 0 radical (unpaired) electrons. The van der Waals surface area contributed by atoms with Crippen LogP contribution < -0.4 is 10.6 Å². The number of alkyl halides is 3. The predicted octanol–water partition coefficient (Wildman–Crippen LogP) is 2.73. The summed E-state index contributed by atoms with van der Waals surface area (Å²) in [6, 6.07) is 5.09. The van der Waals surface area contributed by atoms with Gasteiger partial charge in [-0.15, -0.1) is 0 Å². The van der Waals surface area contributed by atoms with Crippen LogP contribution in [0.5, 0.6) is 0 Å². The summed E-state index contributed by atoms with van der Waals surface area (Å²) in [4.78, 5) is 15.9. The molecule has 14 heteroatoms. The molecule has 172 valence electrons. The van der Waals surface area contributed by atoms with Crippen LogP contribution in [-0.4, -0.2) is 35.2 Å². The first-order valence-corrected chi connectivity index (χ1v) is 10.1. The van der Waals surface area contributed by atoms with Crippen molar-refractivity contribution in [1.29, 1.82) is 0 Å². The fourth-order valence-electron chi connectivity index (χ4n) is 2.94. The van der Waals surface area contributed by atoms with Crippen LogP contribution in [0, 0.1) is 11.7 Å². The van der Waals surface area contributed by atoms with Crippen molar-refractivity contribution in [3.63, 3.8) is 0 Å². The molecule has 2 heterocycles. The molecule has 0 saturated carbocycles. The molecule has 4 N–H and O–H groups in total. The SMILES string of the molecule is O=C(Nc1ccc(F)cc1)C1C(O)=CC(c2ccc(C(F)(F)F)nc2)NC1OS(=O)(=O)O. The largest absolute Gasteiger partial charge is 0.512 e. The van der Waals surface area contributed by atoms with E-state index in [9.17, 15) is 35.9 Å². The van der Waals surface area contributed by atoms with E-state index in [1.165, 1.54) is 12.1 Å². The average Bonchev–Trinajstić information content (AvgIpc) is 2.67. The zero-order chi connectivity index (χ0) is 23.7. The number of rotatable bonds is 5. The second-order valence-electron chi connectivity index (χ2n) is 6.63. The van der Waals surface area contributed by atoms with Crippen LogP contribution in [0.2, 0.25) is 0 Å². The molecule has 0 spiro atoms. The van der Waals surface area contributed by atoms with Gasteiger partial charge in [-0.1, -0.05) is 6.07 Å². The third-order valence-corrected chi connectivity index (χ3v) is 4.81. The summed E-state index contributed by atoms with van der Waals surface area (Å²) in [6.07, 6.45) is -4.64. The van der Waals surface area contributed by atoms with E-state index < -0.39 is 57.9 Å². The molecule has 9 nitrogen and oxygen atoms in total. The smallest absolute Gasteiger partial charge is 0.433 e. The summed E-state index contributed by atoms with van der Waals surface area (Å²) < 4.78 is 87.2. The highest BCUT2D eigenvalue weighted by Gasteiger charge is 2.41. The molecule has 3 unspecified atom stereocenters. The van der Waals surface area contributed by atoms with E-state index in [0.29, 0.717) is 6.07 Å². The molecule has 0 fully saturated rings. The number of nitrogens with one attached hydrogen (secondary N) is 2. The minimum Gasteiger partial charge on any atom is -0.512 e. The maximum atomic E-state index is 13.0. The molecule has 3 rings (SSSR count). The number of anilines is 1. The molecular formula is C18H15F4N3O6S. The summed E-state index contributed by atoms with van der Waals surface area (Å²) in [7, 11) is -5.12. The Labute approximate surface area is 178 Å². The molecule has 1 aliphatic rings. The van der Waals surface area contributed by atoms with Crippen LogP contribution in [0.15, 0.2) is 54.4 Å². The van der Waals surface area contributed by atoms with E-state index in [-0.39, 0.29) is 11.3 Å². The van der Waals surface area contributed by atoms with Gasteiger partial charge in [0.1, 0.15) is 29.4 Å². The van der Waals surface area contributed by atoms with E-state index in [1.54, 1.807) is 0 Å². The minimum absolute atomic E-state index is 0.0749. The highest BCUT2D eigenvalue weighted by Crippen LogP contribution is 2.32. The maximum absolute atomic E-state index is 13.0. The Morgan fingerprint density at radius 2 is 1.81 bits per heavy atom. The Balaban J connectivity index is 1.89. The van der Waals surface area contributed by atoms with Gasteiger partial charge >= 0.3 is 16.6 Å². The van der Waals surface area contributed by atoms with Gasteiger partial charge in [0.2, 0.25) is 5.91 Å². The lowest BCUT2D eigenvalue weighted by Gasteiger charge is -2.33. The van der Waals surface area contributed by atoms with Gasteiger partial charge < -0.3 is 10.4 Å². The number of hydrogen-bond acceptors (Lipinski definition) is 7. The van der Waals surface area contributed by atoms with Crippen molar-refractivity contribution < 1.29 is 44.6 Å². The summed E-state index contributed by atoms with van der Waals surface area (Å²) in [5, 5.41) is 15.2. The Hall–Kier alpha value is -3.07. The molecule has 1 aromatic carbocycles. The lowest BCUT2D eigenvalue weighted by molar-refractivity contribution is -0.141. The van der Waals surface area contributed by atoms with Crippen molar-refractivity contribution >= 4 is 22.0 Å². The maximum Gasteiger partial charge on any atom is 0.433 e. The second kappa shape index (κ2) is 8.82. The molecule has 3 atom stereocenters. The molecule has 0 aliphatic carbocycles. The van der Waals surface area contributed by atoms with E-state index in [2.05, 4.69) is 19.8 Å². The molecule has 2 aromatic rings. The lowest BCUT2D eigenvalue weighted by Crippen LogP contribution is -2.50. The molecule has 1 aliphatic heterocycles. The summed E-state index contributed by atoms with van der Waals surface area (Å²) >= 11 is 0. The topological polar surface area (TPSA) is 138 Å². The number of aliphatic hydroxyl groups excluding tert-OH is 1. The van der Waals surface area contributed by atoms with E-state index >= 15 is 0 Å². The number of carbonyl (C=O) groups is 1. The lowest BCUT2D eigenvalue weighted by atomic mass is 9.94. The fraction of sp³-hybridized carbons (Fsp3) is 0.222. The van der Waals surface area contributed by atoms with Gasteiger partial charge in [0.05, 0.1) is 6.04 Å². The zero-order valence-corrected chi connectivity index (χ0v) is 16.6. The van der Waals surface area contributed by atoms with E-state index in [0.717, 1.165) is 30.5 Å². The van der Waals surface area contributed by atoms with Gasteiger partial charge in [-0.3, -0.25) is 19.6 Å². The van der Waals surface area contributed by atoms with Crippen LogP contribution in [0.1, 0.15) is 17.3 Å². The van der Waals surface area contributed by atoms with Crippen LogP contribution in [0.4, 0.5) is 23.2 Å². The zero-order valence-electron chi connectivity index (χ0n) is 15.7. The van der Waals surface area contributed by atoms with Crippen molar-refractivity contribution in [3.8, 4) is 0 Å². The van der Waals surface area contributed by atoms with Crippen molar-refractivity contribution in [1.82, 2.24) is 10.3 Å². The standard InChI is InChI=1S/C18H15F4N3O6S/c19-10-2-4-11(5-3-10)24-16(27)15-13(26)7-12(25-17(15)31-32(28,29)30)9-1-6-14(23-8-9)18(20,21)22/h1-8,12,15,17,25-26H,(H,24,27)(H,28,29,30). The van der Waals surface area contributed by atoms with E-state index in [1.807, 2.05) is 0 Å². The molecule has 0 saturated heterocycles. The third-order valence-electron chi connectivity index (χ3n) is 4.36. The van der Waals surface area contributed by atoms with E-state index in [4.69, 9.17) is 4.55 Å². The Morgan fingerprint density at radius 3 is 2.34 bits per heavy atom. The van der Waals surface area contributed by atoms with Crippen molar-refractivity contribution in [3.05, 3.63) is 71.5 Å². The first kappa shape index (κ1) is 23.6. The quantitative estimate of drug-likeness (QED) is 0.381. The molecule has 0 bridgehead atoms. The first-order valence-electron chi connectivity index (χ1n) is 8.75. The Bertz CT molecular complexity index is 1120. The number of nitrogens with zero attached hydrogens (tertiary/aromatic N) is 1. The Morgan fingerprint density at radius 1 is 1.16 bits per heavy atom. The number of benzene rings is 1. The van der Waals surface area contributed by atoms with Crippen molar-refractivity contribution in [2.24, 2.45) is 5.92 Å². The number of aliphatic hydroxyl groups is 1. The highest BCUT2D eigenvalue weighted by atomic mass is 32.3. The van der Waals surface area contributed by atoms with Crippen LogP contribution in [0.25, 0.3) is 0 Å². The van der Waals surface area contributed by atoms with Crippen LogP contribution in [-0.2, 0) is 25.6 Å². The molecule has 32 heavy (non-hydrogen) atoms. The highest BCUT2D eigenvalue weighted by molar-refractivity contribution is 7.80. The van der Waals surface area contributed by atoms with Gasteiger partial charge in [-0.05, 0) is 42.0 Å². The number of halogens is 4.